The van der Waals surface area contributed by atoms with Gasteiger partial charge in [0.2, 0.25) is 0 Å². The van der Waals surface area contributed by atoms with E-state index in [4.69, 9.17) is 5.73 Å². The van der Waals surface area contributed by atoms with Crippen LogP contribution in [-0.4, -0.2) is 23.1 Å². The van der Waals surface area contributed by atoms with Crippen molar-refractivity contribution in [3.8, 4) is 11.3 Å². The number of carbonyl (C=O) groups is 1. The predicted octanol–water partition coefficient (Wildman–Crippen LogP) is 3.78. The number of hydrogen-bond donors (Lipinski definition) is 3. The Morgan fingerprint density at radius 3 is 2.74 bits per heavy atom. The summed E-state index contributed by atoms with van der Waals surface area (Å²) in [6.07, 6.45) is 2.65. The van der Waals surface area contributed by atoms with E-state index in [0.717, 1.165) is 41.9 Å². The second kappa shape index (κ2) is 6.44. The van der Waals surface area contributed by atoms with Gasteiger partial charge < -0.3 is 16.0 Å². The van der Waals surface area contributed by atoms with Crippen LogP contribution in [0.2, 0.25) is 0 Å². The molecule has 1 aromatic heterocycles. The first-order valence-corrected chi connectivity index (χ1v) is 8.05. The summed E-state index contributed by atoms with van der Waals surface area (Å²) in [5, 5.41) is 3.34. The lowest BCUT2D eigenvalue weighted by atomic mass is 9.93. The minimum Gasteiger partial charge on any atom is -0.379 e. The zero-order valence-electron chi connectivity index (χ0n) is 13.2. The molecule has 2 atom stereocenters. The second-order valence-electron chi connectivity index (χ2n) is 6.18. The first-order valence-electron chi connectivity index (χ1n) is 8.05. The van der Waals surface area contributed by atoms with Gasteiger partial charge in [0.25, 0.3) is 5.91 Å². The lowest BCUT2D eigenvalue weighted by molar-refractivity contribution is 0.1000. The number of aromatic amines is 1. The second-order valence-corrected chi connectivity index (χ2v) is 6.18. The summed E-state index contributed by atoms with van der Waals surface area (Å²) in [6, 6.07) is 9.34. The van der Waals surface area contributed by atoms with E-state index in [1.807, 2.05) is 31.2 Å². The summed E-state index contributed by atoms with van der Waals surface area (Å²) in [5.41, 5.74) is 9.21. The Morgan fingerprint density at radius 2 is 2.04 bits per heavy atom. The molecule has 1 aliphatic carbocycles. The van der Waals surface area contributed by atoms with Gasteiger partial charge in [-0.25, -0.2) is 4.39 Å². The molecule has 2 aromatic rings. The Hall–Kier alpha value is -2.30. The normalized spacial score (nSPS) is 21.1. The number of hydrogen-bond acceptors (Lipinski definition) is 2. The molecular weight excluding hydrogens is 293 g/mol. The Labute approximate surface area is 135 Å². The molecule has 4 nitrogen and oxygen atoms in total. The van der Waals surface area contributed by atoms with Crippen molar-refractivity contribution in [1.29, 1.82) is 0 Å². The Balaban J connectivity index is 1.91. The number of anilines is 1. The molecule has 0 saturated heterocycles. The van der Waals surface area contributed by atoms with E-state index < -0.39 is 12.1 Å². The largest absolute Gasteiger partial charge is 0.379 e. The molecule has 5 heteroatoms. The van der Waals surface area contributed by atoms with Crippen molar-refractivity contribution in [3.05, 3.63) is 41.6 Å². The minimum absolute atomic E-state index is 0.156. The van der Waals surface area contributed by atoms with Crippen LogP contribution in [0.5, 0.6) is 0 Å². The summed E-state index contributed by atoms with van der Waals surface area (Å²) in [5.74, 6) is -0.452. The van der Waals surface area contributed by atoms with Gasteiger partial charge in [0.1, 0.15) is 6.17 Å². The highest BCUT2D eigenvalue weighted by Crippen LogP contribution is 2.32. The molecule has 1 amide bonds. The molecule has 0 aliphatic heterocycles. The lowest BCUT2D eigenvalue weighted by Crippen LogP contribution is -2.33. The van der Waals surface area contributed by atoms with Crippen molar-refractivity contribution < 1.29 is 9.18 Å². The number of para-hydroxylation sites is 1. The van der Waals surface area contributed by atoms with Crippen molar-refractivity contribution >= 4 is 11.6 Å². The molecule has 0 unspecified atom stereocenters. The Bertz CT molecular complexity index is 710. The van der Waals surface area contributed by atoms with Gasteiger partial charge in [0, 0.05) is 22.6 Å². The fourth-order valence-corrected chi connectivity index (χ4v) is 3.25. The summed E-state index contributed by atoms with van der Waals surface area (Å²) in [7, 11) is 0. The summed E-state index contributed by atoms with van der Waals surface area (Å²) in [6.45, 7) is 1.82. The van der Waals surface area contributed by atoms with E-state index in [-0.39, 0.29) is 6.04 Å². The summed E-state index contributed by atoms with van der Waals surface area (Å²) < 4.78 is 14.1. The predicted molar refractivity (Wildman–Crippen MR) is 90.3 cm³/mol. The number of primary amides is 1. The number of halogens is 1. The van der Waals surface area contributed by atoms with E-state index in [1.165, 1.54) is 0 Å². The van der Waals surface area contributed by atoms with Gasteiger partial charge in [-0.1, -0.05) is 31.0 Å². The third kappa shape index (κ3) is 3.23. The van der Waals surface area contributed by atoms with Crippen LogP contribution in [0, 0.1) is 6.92 Å². The number of aryl methyl sites for hydroxylation is 1. The smallest absolute Gasteiger partial charge is 0.250 e. The monoisotopic (exact) mass is 315 g/mol. The van der Waals surface area contributed by atoms with Crippen LogP contribution in [0.1, 0.15) is 41.7 Å². The molecule has 23 heavy (non-hydrogen) atoms. The van der Waals surface area contributed by atoms with Crippen LogP contribution in [-0.2, 0) is 0 Å². The van der Waals surface area contributed by atoms with Crippen molar-refractivity contribution in [3.63, 3.8) is 0 Å². The zero-order valence-corrected chi connectivity index (χ0v) is 13.2. The molecular formula is C18H22FN3O. The molecule has 1 heterocycles. The van der Waals surface area contributed by atoms with Crippen molar-refractivity contribution in [2.45, 2.75) is 44.8 Å². The van der Waals surface area contributed by atoms with Crippen LogP contribution in [0.15, 0.2) is 30.3 Å². The van der Waals surface area contributed by atoms with Gasteiger partial charge >= 0.3 is 0 Å². The number of aromatic nitrogens is 1. The Kier molecular flexibility index (Phi) is 4.37. The maximum Gasteiger partial charge on any atom is 0.250 e. The highest BCUT2D eigenvalue weighted by Gasteiger charge is 2.25. The fraction of sp³-hybridized carbons (Fsp3) is 0.389. The maximum atomic E-state index is 14.1. The Morgan fingerprint density at radius 1 is 1.30 bits per heavy atom. The highest BCUT2D eigenvalue weighted by atomic mass is 19.1. The van der Waals surface area contributed by atoms with Crippen LogP contribution in [0.3, 0.4) is 0 Å². The van der Waals surface area contributed by atoms with E-state index in [9.17, 15) is 9.18 Å². The first-order chi connectivity index (χ1) is 11.1. The van der Waals surface area contributed by atoms with Crippen LogP contribution in [0.25, 0.3) is 11.3 Å². The zero-order chi connectivity index (χ0) is 16.4. The van der Waals surface area contributed by atoms with Gasteiger partial charge in [0.05, 0.1) is 11.6 Å². The van der Waals surface area contributed by atoms with Gasteiger partial charge in [-0.3, -0.25) is 4.79 Å². The molecule has 3 rings (SSSR count). The van der Waals surface area contributed by atoms with E-state index in [2.05, 4.69) is 10.3 Å². The number of H-pyrrole nitrogens is 1. The van der Waals surface area contributed by atoms with E-state index in [1.54, 1.807) is 6.07 Å². The lowest BCUT2D eigenvalue weighted by Gasteiger charge is -2.28. The van der Waals surface area contributed by atoms with Gasteiger partial charge in [-0.05, 0) is 31.9 Å². The number of nitrogens with one attached hydrogen (secondary N) is 2. The average molecular weight is 315 g/mol. The minimum atomic E-state index is -0.816. The molecule has 0 bridgehead atoms. The molecule has 1 fully saturated rings. The molecule has 1 aromatic carbocycles. The number of carbonyl (C=O) groups excluding carboxylic acids is 1. The SMILES string of the molecule is Cc1[nH]c(-c2ccccc2N[C@@H]2CCCC[C@H]2F)cc1C(N)=O. The third-order valence-corrected chi connectivity index (χ3v) is 4.52. The number of nitrogens with two attached hydrogens (primary N) is 1. The van der Waals surface area contributed by atoms with E-state index >= 15 is 0 Å². The van der Waals surface area contributed by atoms with Crippen LogP contribution < -0.4 is 11.1 Å². The fourth-order valence-electron chi connectivity index (χ4n) is 3.25. The molecule has 1 aliphatic rings. The first kappa shape index (κ1) is 15.6. The van der Waals surface area contributed by atoms with Gasteiger partial charge in [0.15, 0.2) is 0 Å². The molecule has 1 saturated carbocycles. The van der Waals surface area contributed by atoms with Crippen LogP contribution in [0.4, 0.5) is 10.1 Å². The van der Waals surface area contributed by atoms with Gasteiger partial charge in [-0.2, -0.15) is 0 Å². The maximum absolute atomic E-state index is 14.1. The standard InChI is InChI=1S/C18H22FN3O/c1-11-13(18(20)23)10-17(21-11)12-6-2-4-8-15(12)22-16-9-5-3-7-14(16)19/h2,4,6,8,10,14,16,21-22H,3,5,7,9H2,1H3,(H2,20,23)/t14-,16-/m1/s1. The number of rotatable bonds is 4. The number of amides is 1. The van der Waals surface area contributed by atoms with Crippen molar-refractivity contribution in [2.24, 2.45) is 5.73 Å². The summed E-state index contributed by atoms with van der Waals surface area (Å²) >= 11 is 0. The van der Waals surface area contributed by atoms with Crippen molar-refractivity contribution in [2.75, 3.05) is 5.32 Å². The van der Waals surface area contributed by atoms with E-state index in [0.29, 0.717) is 12.0 Å². The molecule has 0 spiro atoms. The highest BCUT2D eigenvalue weighted by molar-refractivity contribution is 5.96. The van der Waals surface area contributed by atoms with Gasteiger partial charge in [-0.15, -0.1) is 0 Å². The molecule has 0 radical (unpaired) electrons. The number of benzene rings is 1. The third-order valence-electron chi connectivity index (χ3n) is 4.52. The van der Waals surface area contributed by atoms with Crippen molar-refractivity contribution in [1.82, 2.24) is 4.98 Å². The molecule has 4 N–H and O–H groups in total. The topological polar surface area (TPSA) is 70.9 Å². The molecule has 122 valence electrons. The number of alkyl halides is 1. The quantitative estimate of drug-likeness (QED) is 0.803. The summed E-state index contributed by atoms with van der Waals surface area (Å²) in [4.78, 5) is 14.6. The average Bonchev–Trinajstić information content (AvgIpc) is 2.92. The van der Waals surface area contributed by atoms with Crippen LogP contribution >= 0.6 is 0 Å².